The summed E-state index contributed by atoms with van der Waals surface area (Å²) in [6.07, 6.45) is 0. The van der Waals surface area contributed by atoms with E-state index < -0.39 is 0 Å². The number of hydrogen-bond donors (Lipinski definition) is 0. The standard InChI is InChI=1S/C13H8BrClN4OS/c14-12-5-4-11(21-12)10(20)7-19-17-13(16-18-19)8-2-1-3-9(15)6-8/h1-6H,7H2. The van der Waals surface area contributed by atoms with Crippen molar-refractivity contribution in [1.82, 2.24) is 20.2 Å². The molecule has 1 aromatic carbocycles. The molecule has 5 nitrogen and oxygen atoms in total. The summed E-state index contributed by atoms with van der Waals surface area (Å²) in [5, 5.41) is 12.6. The van der Waals surface area contributed by atoms with Crippen LogP contribution in [0, 0.1) is 0 Å². The van der Waals surface area contributed by atoms with Crippen LogP contribution < -0.4 is 0 Å². The summed E-state index contributed by atoms with van der Waals surface area (Å²) in [6, 6.07) is 10.8. The van der Waals surface area contributed by atoms with Crippen LogP contribution in [0.25, 0.3) is 11.4 Å². The molecule has 0 aliphatic heterocycles. The van der Waals surface area contributed by atoms with Gasteiger partial charge in [-0.25, -0.2) is 0 Å². The molecule has 0 unspecified atom stereocenters. The van der Waals surface area contributed by atoms with Crippen molar-refractivity contribution in [3.63, 3.8) is 0 Å². The molecular weight excluding hydrogens is 376 g/mol. The zero-order valence-electron chi connectivity index (χ0n) is 10.5. The summed E-state index contributed by atoms with van der Waals surface area (Å²) in [5.74, 6) is 0.387. The van der Waals surface area contributed by atoms with E-state index in [1.807, 2.05) is 18.2 Å². The number of carbonyl (C=O) groups is 1. The van der Waals surface area contributed by atoms with Crippen molar-refractivity contribution in [3.05, 3.63) is 50.1 Å². The topological polar surface area (TPSA) is 60.7 Å². The SMILES string of the molecule is O=C(Cn1nnc(-c2cccc(Cl)c2)n1)c1ccc(Br)s1. The second kappa shape index (κ2) is 6.05. The molecule has 0 atom stereocenters. The van der Waals surface area contributed by atoms with E-state index in [9.17, 15) is 4.79 Å². The molecule has 0 fully saturated rings. The lowest BCUT2D eigenvalue weighted by Gasteiger charge is -1.96. The third-order valence-corrected chi connectivity index (χ3v) is 4.57. The van der Waals surface area contributed by atoms with Gasteiger partial charge in [0.15, 0.2) is 5.78 Å². The van der Waals surface area contributed by atoms with Crippen molar-refractivity contribution in [2.45, 2.75) is 6.54 Å². The van der Waals surface area contributed by atoms with Crippen molar-refractivity contribution in [2.75, 3.05) is 0 Å². The Morgan fingerprint density at radius 1 is 1.33 bits per heavy atom. The highest BCUT2D eigenvalue weighted by atomic mass is 79.9. The number of carbonyl (C=O) groups excluding carboxylic acids is 1. The highest BCUT2D eigenvalue weighted by Crippen LogP contribution is 2.23. The van der Waals surface area contributed by atoms with E-state index in [0.29, 0.717) is 15.7 Å². The molecule has 0 amide bonds. The van der Waals surface area contributed by atoms with E-state index in [1.165, 1.54) is 16.1 Å². The van der Waals surface area contributed by atoms with Crippen molar-refractivity contribution in [1.29, 1.82) is 0 Å². The van der Waals surface area contributed by atoms with Gasteiger partial charge in [0.25, 0.3) is 0 Å². The average Bonchev–Trinajstić information content (AvgIpc) is 3.08. The number of aromatic nitrogens is 4. The van der Waals surface area contributed by atoms with Crippen LogP contribution in [-0.4, -0.2) is 26.0 Å². The zero-order valence-corrected chi connectivity index (χ0v) is 13.7. The van der Waals surface area contributed by atoms with Crippen LogP contribution in [0.5, 0.6) is 0 Å². The third kappa shape index (κ3) is 3.37. The van der Waals surface area contributed by atoms with E-state index in [4.69, 9.17) is 11.6 Å². The molecule has 0 radical (unpaired) electrons. The summed E-state index contributed by atoms with van der Waals surface area (Å²) in [4.78, 5) is 14.0. The highest BCUT2D eigenvalue weighted by molar-refractivity contribution is 9.11. The lowest BCUT2D eigenvalue weighted by Crippen LogP contribution is -2.12. The first-order chi connectivity index (χ1) is 10.1. The van der Waals surface area contributed by atoms with Gasteiger partial charge in [0.1, 0.15) is 6.54 Å². The molecule has 0 N–H and O–H groups in total. The van der Waals surface area contributed by atoms with Crippen molar-refractivity contribution in [2.24, 2.45) is 0 Å². The minimum atomic E-state index is -0.0549. The molecule has 0 spiro atoms. The Labute approximate surface area is 137 Å². The number of benzene rings is 1. The van der Waals surface area contributed by atoms with Gasteiger partial charge in [0.05, 0.1) is 8.66 Å². The van der Waals surface area contributed by atoms with Crippen molar-refractivity contribution >= 4 is 44.7 Å². The quantitative estimate of drug-likeness (QED) is 0.645. The molecule has 21 heavy (non-hydrogen) atoms. The molecule has 2 heterocycles. The average molecular weight is 384 g/mol. The van der Waals surface area contributed by atoms with E-state index >= 15 is 0 Å². The fourth-order valence-electron chi connectivity index (χ4n) is 1.72. The third-order valence-electron chi connectivity index (χ3n) is 2.67. The number of ketones is 1. The molecule has 0 saturated heterocycles. The largest absolute Gasteiger partial charge is 0.291 e. The number of thiophene rings is 1. The Morgan fingerprint density at radius 3 is 2.90 bits per heavy atom. The second-order valence-electron chi connectivity index (χ2n) is 4.18. The summed E-state index contributed by atoms with van der Waals surface area (Å²) >= 11 is 10.6. The van der Waals surface area contributed by atoms with Gasteiger partial charge in [-0.05, 0) is 45.4 Å². The monoisotopic (exact) mass is 382 g/mol. The summed E-state index contributed by atoms with van der Waals surface area (Å²) in [7, 11) is 0. The highest BCUT2D eigenvalue weighted by Gasteiger charge is 2.13. The van der Waals surface area contributed by atoms with Gasteiger partial charge in [-0.15, -0.1) is 21.5 Å². The van der Waals surface area contributed by atoms with Crippen LogP contribution in [0.2, 0.25) is 5.02 Å². The zero-order chi connectivity index (χ0) is 14.8. The van der Waals surface area contributed by atoms with Crippen LogP contribution in [0.4, 0.5) is 0 Å². The first-order valence-corrected chi connectivity index (χ1v) is 7.93. The second-order valence-corrected chi connectivity index (χ2v) is 7.08. The van der Waals surface area contributed by atoms with E-state index in [-0.39, 0.29) is 12.3 Å². The Kier molecular flexibility index (Phi) is 4.14. The molecule has 3 rings (SSSR count). The number of Topliss-reactive ketones (excluding diaryl/α,β-unsaturated/α-hetero) is 1. The lowest BCUT2D eigenvalue weighted by atomic mass is 10.2. The predicted molar refractivity (Wildman–Crippen MR) is 84.6 cm³/mol. The van der Waals surface area contributed by atoms with Crippen LogP contribution in [0.3, 0.4) is 0 Å². The number of halogens is 2. The number of tetrazole rings is 1. The molecule has 106 valence electrons. The predicted octanol–water partition coefficient (Wildman–Crippen LogP) is 3.70. The Balaban J connectivity index is 1.78. The molecule has 0 aliphatic rings. The van der Waals surface area contributed by atoms with E-state index in [1.54, 1.807) is 18.2 Å². The summed E-state index contributed by atoms with van der Waals surface area (Å²) < 4.78 is 0.914. The van der Waals surface area contributed by atoms with Crippen LogP contribution in [0.1, 0.15) is 9.67 Å². The summed E-state index contributed by atoms with van der Waals surface area (Å²) in [6.45, 7) is 0.0561. The van der Waals surface area contributed by atoms with E-state index in [0.717, 1.165) is 9.35 Å². The van der Waals surface area contributed by atoms with Gasteiger partial charge >= 0.3 is 0 Å². The van der Waals surface area contributed by atoms with Gasteiger partial charge < -0.3 is 0 Å². The smallest absolute Gasteiger partial charge is 0.204 e. The molecular formula is C13H8BrClN4OS. The fraction of sp³-hybridized carbons (Fsp3) is 0.0769. The molecule has 0 bridgehead atoms. The fourth-order valence-corrected chi connectivity index (χ4v) is 3.23. The van der Waals surface area contributed by atoms with Crippen LogP contribution >= 0.6 is 38.9 Å². The van der Waals surface area contributed by atoms with Crippen molar-refractivity contribution in [3.8, 4) is 11.4 Å². The first-order valence-electron chi connectivity index (χ1n) is 5.94. The maximum absolute atomic E-state index is 12.1. The maximum atomic E-state index is 12.1. The van der Waals surface area contributed by atoms with Crippen LogP contribution in [-0.2, 0) is 6.54 Å². The number of rotatable bonds is 4. The van der Waals surface area contributed by atoms with Gasteiger partial charge in [-0.2, -0.15) is 4.80 Å². The maximum Gasteiger partial charge on any atom is 0.204 e. The lowest BCUT2D eigenvalue weighted by molar-refractivity contribution is 0.0965. The first kappa shape index (κ1) is 14.4. The molecule has 2 aromatic heterocycles. The van der Waals surface area contributed by atoms with Gasteiger partial charge in [0, 0.05) is 10.6 Å². The number of hydrogen-bond acceptors (Lipinski definition) is 5. The van der Waals surface area contributed by atoms with Crippen LogP contribution in [0.15, 0.2) is 40.2 Å². The minimum absolute atomic E-state index is 0.0549. The molecule has 3 aromatic rings. The molecule has 0 aliphatic carbocycles. The number of nitrogens with zero attached hydrogens (tertiary/aromatic N) is 4. The Morgan fingerprint density at radius 2 is 2.19 bits per heavy atom. The minimum Gasteiger partial charge on any atom is -0.291 e. The molecule has 8 heteroatoms. The van der Waals surface area contributed by atoms with Gasteiger partial charge in [-0.1, -0.05) is 23.7 Å². The molecule has 0 saturated carbocycles. The Hall–Kier alpha value is -1.57. The van der Waals surface area contributed by atoms with E-state index in [2.05, 4.69) is 31.3 Å². The van der Waals surface area contributed by atoms with Crippen molar-refractivity contribution < 1.29 is 4.79 Å². The summed E-state index contributed by atoms with van der Waals surface area (Å²) in [5.41, 5.74) is 0.764. The Bertz CT molecular complexity index is 801. The van der Waals surface area contributed by atoms with Gasteiger partial charge in [0.2, 0.25) is 5.82 Å². The van der Waals surface area contributed by atoms with Gasteiger partial charge in [-0.3, -0.25) is 4.79 Å². The normalized spacial score (nSPS) is 10.8.